The van der Waals surface area contributed by atoms with E-state index in [4.69, 9.17) is 4.74 Å². The Balaban J connectivity index is 1.84. The summed E-state index contributed by atoms with van der Waals surface area (Å²) in [4.78, 5) is 2.63. The predicted octanol–water partition coefficient (Wildman–Crippen LogP) is 3.36. The highest BCUT2D eigenvalue weighted by molar-refractivity contribution is 5.38. The Morgan fingerprint density at radius 2 is 2.14 bits per heavy atom. The molecule has 1 aromatic carbocycles. The summed E-state index contributed by atoms with van der Waals surface area (Å²) in [6.07, 6.45) is 3.69. The van der Waals surface area contributed by atoms with Crippen LogP contribution in [0.25, 0.3) is 0 Å². The van der Waals surface area contributed by atoms with Gasteiger partial charge in [-0.25, -0.2) is 0 Å². The van der Waals surface area contributed by atoms with Crippen LogP contribution < -0.4 is 10.1 Å². The summed E-state index contributed by atoms with van der Waals surface area (Å²) in [6, 6.07) is 9.69. The maximum absolute atomic E-state index is 6.17. The first-order valence-corrected chi connectivity index (χ1v) is 8.34. The Bertz CT molecular complexity index is 480. The number of ether oxygens (including phenoxy) is 1. The average molecular weight is 288 g/mol. The molecule has 3 heteroatoms. The van der Waals surface area contributed by atoms with E-state index in [0.29, 0.717) is 12.1 Å². The minimum atomic E-state index is -0.0878. The third kappa shape index (κ3) is 3.24. The number of rotatable bonds is 4. The Hall–Kier alpha value is -1.06. The summed E-state index contributed by atoms with van der Waals surface area (Å²) in [6.45, 7) is 10.1. The summed E-state index contributed by atoms with van der Waals surface area (Å²) < 4.78 is 6.17. The van der Waals surface area contributed by atoms with Crippen LogP contribution in [0.3, 0.4) is 0 Å². The predicted molar refractivity (Wildman–Crippen MR) is 86.8 cm³/mol. The summed E-state index contributed by atoms with van der Waals surface area (Å²) in [5.74, 6) is 1.07. The van der Waals surface area contributed by atoms with Crippen molar-refractivity contribution in [2.45, 2.75) is 57.7 Å². The molecule has 2 heterocycles. The standard InChI is InChI=1S/C18H28N2O/c1-4-20(13-14-8-7-11-19-14)16-12-18(2,3)21-17-10-6-5-9-15(16)17/h5-6,9-10,14,16,19H,4,7-8,11-13H2,1-3H3. The van der Waals surface area contributed by atoms with Crippen molar-refractivity contribution >= 4 is 0 Å². The minimum absolute atomic E-state index is 0.0878. The molecule has 0 bridgehead atoms. The van der Waals surface area contributed by atoms with Crippen molar-refractivity contribution in [1.82, 2.24) is 10.2 Å². The molecule has 1 fully saturated rings. The number of benzene rings is 1. The third-order valence-corrected chi connectivity index (χ3v) is 4.81. The van der Waals surface area contributed by atoms with Gasteiger partial charge in [-0.3, -0.25) is 4.90 Å². The van der Waals surface area contributed by atoms with Crippen molar-refractivity contribution in [2.75, 3.05) is 19.6 Å². The van der Waals surface area contributed by atoms with Crippen LogP contribution in [0.2, 0.25) is 0 Å². The zero-order valence-corrected chi connectivity index (χ0v) is 13.6. The van der Waals surface area contributed by atoms with Gasteiger partial charge in [-0.1, -0.05) is 25.1 Å². The molecule has 0 aromatic heterocycles. The summed E-state index contributed by atoms with van der Waals surface area (Å²) >= 11 is 0. The lowest BCUT2D eigenvalue weighted by Crippen LogP contribution is -2.45. The molecule has 2 aliphatic rings. The fraction of sp³-hybridized carbons (Fsp3) is 0.667. The first-order chi connectivity index (χ1) is 10.1. The van der Waals surface area contributed by atoms with Crippen LogP contribution in [0.5, 0.6) is 5.75 Å². The molecular weight excluding hydrogens is 260 g/mol. The molecule has 2 atom stereocenters. The maximum atomic E-state index is 6.17. The van der Waals surface area contributed by atoms with E-state index >= 15 is 0 Å². The van der Waals surface area contributed by atoms with Gasteiger partial charge >= 0.3 is 0 Å². The van der Waals surface area contributed by atoms with Crippen molar-refractivity contribution in [1.29, 1.82) is 0 Å². The SMILES string of the molecule is CCN(CC1CCCN1)C1CC(C)(C)Oc2ccccc21. The number of nitrogens with zero attached hydrogens (tertiary/aromatic N) is 1. The van der Waals surface area contributed by atoms with E-state index in [0.717, 1.165) is 25.3 Å². The number of likely N-dealkylation sites (N-methyl/N-ethyl adjacent to an activating group) is 1. The topological polar surface area (TPSA) is 24.5 Å². The number of hydrogen-bond acceptors (Lipinski definition) is 3. The number of para-hydroxylation sites is 1. The van der Waals surface area contributed by atoms with E-state index in [1.165, 1.54) is 24.9 Å². The summed E-state index contributed by atoms with van der Waals surface area (Å²) in [5.41, 5.74) is 1.27. The number of nitrogens with one attached hydrogen (secondary N) is 1. The molecule has 3 nitrogen and oxygen atoms in total. The first-order valence-electron chi connectivity index (χ1n) is 8.34. The Morgan fingerprint density at radius 1 is 1.33 bits per heavy atom. The zero-order chi connectivity index (χ0) is 14.9. The average Bonchev–Trinajstić information content (AvgIpc) is 2.96. The van der Waals surface area contributed by atoms with Gasteiger partial charge in [-0.15, -0.1) is 0 Å². The highest BCUT2D eigenvalue weighted by atomic mass is 16.5. The molecule has 1 N–H and O–H groups in total. The van der Waals surface area contributed by atoms with Crippen LogP contribution >= 0.6 is 0 Å². The molecule has 0 aliphatic carbocycles. The third-order valence-electron chi connectivity index (χ3n) is 4.81. The van der Waals surface area contributed by atoms with Crippen LogP contribution in [0, 0.1) is 0 Å². The van der Waals surface area contributed by atoms with E-state index in [1.54, 1.807) is 0 Å². The number of fused-ring (bicyclic) bond motifs is 1. The molecule has 1 aromatic rings. The van der Waals surface area contributed by atoms with Crippen molar-refractivity contribution in [3.63, 3.8) is 0 Å². The van der Waals surface area contributed by atoms with E-state index in [2.05, 4.69) is 55.3 Å². The van der Waals surface area contributed by atoms with Gasteiger partial charge in [0.2, 0.25) is 0 Å². The molecule has 2 unspecified atom stereocenters. The Labute approximate surface area is 128 Å². The van der Waals surface area contributed by atoms with Crippen LogP contribution in [-0.2, 0) is 0 Å². The van der Waals surface area contributed by atoms with E-state index < -0.39 is 0 Å². The lowest BCUT2D eigenvalue weighted by atomic mass is 9.88. The molecule has 0 radical (unpaired) electrons. The smallest absolute Gasteiger partial charge is 0.124 e. The highest BCUT2D eigenvalue weighted by Gasteiger charge is 2.36. The fourth-order valence-corrected chi connectivity index (χ4v) is 3.76. The van der Waals surface area contributed by atoms with Crippen molar-refractivity contribution in [2.24, 2.45) is 0 Å². The lowest BCUT2D eigenvalue weighted by molar-refractivity contribution is 0.0288. The minimum Gasteiger partial charge on any atom is -0.487 e. The quantitative estimate of drug-likeness (QED) is 0.919. The first kappa shape index (κ1) is 14.9. The van der Waals surface area contributed by atoms with Crippen molar-refractivity contribution < 1.29 is 4.74 Å². The molecule has 3 rings (SSSR count). The molecule has 1 saturated heterocycles. The number of hydrogen-bond donors (Lipinski definition) is 1. The zero-order valence-electron chi connectivity index (χ0n) is 13.6. The fourth-order valence-electron chi connectivity index (χ4n) is 3.76. The van der Waals surface area contributed by atoms with E-state index in [1.807, 2.05) is 0 Å². The largest absolute Gasteiger partial charge is 0.487 e. The van der Waals surface area contributed by atoms with Crippen LogP contribution in [-0.4, -0.2) is 36.2 Å². The monoisotopic (exact) mass is 288 g/mol. The molecule has 0 saturated carbocycles. The second kappa shape index (κ2) is 5.98. The highest BCUT2D eigenvalue weighted by Crippen LogP contribution is 2.42. The normalized spacial score (nSPS) is 27.4. The Kier molecular flexibility index (Phi) is 4.23. The van der Waals surface area contributed by atoms with Gasteiger partial charge in [-0.05, 0) is 45.8 Å². The lowest BCUT2D eigenvalue weighted by Gasteiger charge is -2.43. The summed E-state index contributed by atoms with van der Waals surface area (Å²) in [7, 11) is 0. The molecule has 116 valence electrons. The van der Waals surface area contributed by atoms with Gasteiger partial charge in [-0.2, -0.15) is 0 Å². The molecule has 0 amide bonds. The van der Waals surface area contributed by atoms with Gasteiger partial charge in [0.05, 0.1) is 0 Å². The van der Waals surface area contributed by atoms with Gasteiger partial charge in [0.25, 0.3) is 0 Å². The van der Waals surface area contributed by atoms with Gasteiger partial charge in [0.1, 0.15) is 11.4 Å². The van der Waals surface area contributed by atoms with Gasteiger partial charge in [0.15, 0.2) is 0 Å². The molecule has 21 heavy (non-hydrogen) atoms. The molecular formula is C18H28N2O. The second-order valence-electron chi connectivity index (χ2n) is 7.00. The second-order valence-corrected chi connectivity index (χ2v) is 7.00. The summed E-state index contributed by atoms with van der Waals surface area (Å²) in [5, 5.41) is 3.63. The maximum Gasteiger partial charge on any atom is 0.124 e. The van der Waals surface area contributed by atoms with Crippen LogP contribution in [0.1, 0.15) is 51.6 Å². The molecule has 0 spiro atoms. The van der Waals surface area contributed by atoms with Crippen molar-refractivity contribution in [3.8, 4) is 5.75 Å². The molecule has 2 aliphatic heterocycles. The Morgan fingerprint density at radius 3 is 2.86 bits per heavy atom. The van der Waals surface area contributed by atoms with E-state index in [9.17, 15) is 0 Å². The van der Waals surface area contributed by atoms with E-state index in [-0.39, 0.29) is 5.60 Å². The van der Waals surface area contributed by atoms with Gasteiger partial charge < -0.3 is 10.1 Å². The van der Waals surface area contributed by atoms with Crippen LogP contribution in [0.4, 0.5) is 0 Å². The van der Waals surface area contributed by atoms with Crippen LogP contribution in [0.15, 0.2) is 24.3 Å². The van der Waals surface area contributed by atoms with Gasteiger partial charge in [0, 0.05) is 30.6 Å². The van der Waals surface area contributed by atoms with Crippen molar-refractivity contribution in [3.05, 3.63) is 29.8 Å².